The van der Waals surface area contributed by atoms with Gasteiger partial charge in [-0.3, -0.25) is 4.79 Å². The molecule has 0 aromatic rings. The molecule has 3 heteroatoms. The Labute approximate surface area is 138 Å². The first-order valence-electron chi connectivity index (χ1n) is 8.98. The van der Waals surface area contributed by atoms with Crippen LogP contribution in [0.1, 0.15) is 65.2 Å². The first-order chi connectivity index (χ1) is 10.4. The van der Waals surface area contributed by atoms with Crippen LogP contribution in [0.3, 0.4) is 0 Å². The molecular weight excluding hydrogens is 296 g/mol. The van der Waals surface area contributed by atoms with Crippen LogP contribution in [-0.4, -0.2) is 17.0 Å². The van der Waals surface area contributed by atoms with E-state index < -0.39 is 0 Å². The van der Waals surface area contributed by atoms with Crippen LogP contribution in [0.4, 0.5) is 0 Å². The summed E-state index contributed by atoms with van der Waals surface area (Å²) in [6, 6.07) is 0. The average Bonchev–Trinajstić information content (AvgIpc) is 2.79. The number of aliphatic hydroxyl groups is 1. The molecule has 4 rings (SSSR count). The summed E-state index contributed by atoms with van der Waals surface area (Å²) in [5, 5.41) is 11.0. The molecule has 4 aliphatic rings. The van der Waals surface area contributed by atoms with E-state index in [0.717, 1.165) is 32.1 Å². The van der Waals surface area contributed by atoms with Crippen LogP contribution in [0.25, 0.3) is 0 Å². The lowest BCUT2D eigenvalue weighted by molar-refractivity contribution is -0.118. The summed E-state index contributed by atoms with van der Waals surface area (Å²) in [6.07, 6.45) is 8.11. The highest BCUT2D eigenvalue weighted by molar-refractivity contribution is 6.43. The number of rotatable bonds is 0. The van der Waals surface area contributed by atoms with Gasteiger partial charge in [-0.2, -0.15) is 0 Å². The minimum absolute atomic E-state index is 0.111. The third-order valence-electron chi connectivity index (χ3n) is 8.00. The van der Waals surface area contributed by atoms with Gasteiger partial charge >= 0.3 is 0 Å². The van der Waals surface area contributed by atoms with Gasteiger partial charge in [-0.15, -0.1) is 0 Å². The molecule has 0 heterocycles. The van der Waals surface area contributed by atoms with E-state index in [1.807, 2.05) is 0 Å². The molecule has 122 valence electrons. The van der Waals surface area contributed by atoms with E-state index in [1.54, 1.807) is 0 Å². The minimum Gasteiger partial charge on any atom is -0.393 e. The molecule has 0 aliphatic heterocycles. The summed E-state index contributed by atoms with van der Waals surface area (Å²) in [4.78, 5) is 12.0. The Hall–Kier alpha value is -0.340. The van der Waals surface area contributed by atoms with Gasteiger partial charge in [0.2, 0.25) is 0 Å². The number of Topliss-reactive ketones (excluding diaryl/α,β-unsaturated/α-hetero) is 1. The largest absolute Gasteiger partial charge is 0.393 e. The lowest BCUT2D eigenvalue weighted by Crippen LogP contribution is -2.51. The average molecular weight is 323 g/mol. The molecule has 0 bridgehead atoms. The number of aliphatic hydroxyl groups excluding tert-OH is 1. The zero-order valence-corrected chi connectivity index (χ0v) is 14.5. The van der Waals surface area contributed by atoms with Gasteiger partial charge < -0.3 is 5.11 Å². The molecule has 2 nitrogen and oxygen atoms in total. The Morgan fingerprint density at radius 1 is 1.05 bits per heavy atom. The molecule has 3 saturated carbocycles. The van der Waals surface area contributed by atoms with Crippen molar-refractivity contribution in [2.45, 2.75) is 71.3 Å². The summed E-state index contributed by atoms with van der Waals surface area (Å²) in [7, 11) is 0. The van der Waals surface area contributed by atoms with E-state index in [0.29, 0.717) is 29.2 Å². The predicted octanol–water partition coefficient (Wildman–Crippen LogP) is 4.45. The van der Waals surface area contributed by atoms with E-state index >= 15 is 0 Å². The van der Waals surface area contributed by atoms with Gasteiger partial charge in [0.25, 0.3) is 0 Å². The van der Waals surface area contributed by atoms with Crippen molar-refractivity contribution in [3.8, 4) is 0 Å². The summed E-state index contributed by atoms with van der Waals surface area (Å²) in [5.74, 6) is 2.18. The fraction of sp³-hybridized carbons (Fsp3) is 0.842. The Morgan fingerprint density at radius 3 is 2.59 bits per heavy atom. The number of halogens is 1. The van der Waals surface area contributed by atoms with Crippen LogP contribution in [0.15, 0.2) is 10.6 Å². The van der Waals surface area contributed by atoms with E-state index in [2.05, 4.69) is 13.8 Å². The summed E-state index contributed by atoms with van der Waals surface area (Å²) < 4.78 is 0. The van der Waals surface area contributed by atoms with E-state index in [9.17, 15) is 9.90 Å². The van der Waals surface area contributed by atoms with Crippen molar-refractivity contribution in [2.24, 2.45) is 28.6 Å². The highest BCUT2D eigenvalue weighted by atomic mass is 35.5. The summed E-state index contributed by atoms with van der Waals surface area (Å²) in [5.41, 5.74) is 1.52. The van der Waals surface area contributed by atoms with Crippen molar-refractivity contribution in [3.63, 3.8) is 0 Å². The van der Waals surface area contributed by atoms with Crippen LogP contribution in [0, 0.1) is 28.6 Å². The zero-order valence-electron chi connectivity index (χ0n) is 13.7. The van der Waals surface area contributed by atoms with Crippen LogP contribution >= 0.6 is 11.6 Å². The quantitative estimate of drug-likeness (QED) is 0.715. The van der Waals surface area contributed by atoms with E-state index in [1.165, 1.54) is 18.4 Å². The van der Waals surface area contributed by atoms with Gasteiger partial charge in [-0.25, -0.2) is 0 Å². The second-order valence-electron chi connectivity index (χ2n) is 8.69. The maximum Gasteiger partial charge on any atom is 0.174 e. The molecule has 4 unspecified atom stereocenters. The summed E-state index contributed by atoms with van der Waals surface area (Å²) in [6.45, 7) is 4.68. The van der Waals surface area contributed by atoms with Crippen LogP contribution < -0.4 is 0 Å². The van der Waals surface area contributed by atoms with Gasteiger partial charge in [-0.05, 0) is 79.1 Å². The van der Waals surface area contributed by atoms with Gasteiger partial charge in [0.05, 0.1) is 11.1 Å². The fourth-order valence-electron chi connectivity index (χ4n) is 6.62. The molecule has 0 amide bonds. The fourth-order valence-corrected chi connectivity index (χ4v) is 7.03. The van der Waals surface area contributed by atoms with Crippen LogP contribution in [0.5, 0.6) is 0 Å². The normalized spacial score (nSPS) is 51.4. The molecule has 0 saturated heterocycles. The number of hydrogen-bond donors (Lipinski definition) is 1. The molecule has 1 N–H and O–H groups in total. The first kappa shape index (κ1) is 15.2. The summed E-state index contributed by atoms with van der Waals surface area (Å²) >= 11 is 6.41. The van der Waals surface area contributed by atoms with Crippen molar-refractivity contribution >= 4 is 17.4 Å². The van der Waals surface area contributed by atoms with Crippen LogP contribution in [0.2, 0.25) is 0 Å². The molecule has 6 atom stereocenters. The molecule has 0 aromatic heterocycles. The lowest BCUT2D eigenvalue weighted by Gasteiger charge is -2.57. The number of carbonyl (C=O) groups is 1. The number of fused-ring (bicyclic) bond motifs is 5. The molecule has 0 radical (unpaired) electrons. The predicted molar refractivity (Wildman–Crippen MR) is 87.5 cm³/mol. The van der Waals surface area contributed by atoms with Gasteiger partial charge in [0.1, 0.15) is 0 Å². The van der Waals surface area contributed by atoms with Crippen LogP contribution in [-0.2, 0) is 4.79 Å². The molecular formula is C19H27ClO2. The van der Waals surface area contributed by atoms with E-state index in [4.69, 9.17) is 11.6 Å². The van der Waals surface area contributed by atoms with Crippen molar-refractivity contribution in [3.05, 3.63) is 10.6 Å². The second kappa shape index (κ2) is 4.83. The number of ketones is 1. The number of hydrogen-bond acceptors (Lipinski definition) is 2. The molecule has 22 heavy (non-hydrogen) atoms. The second-order valence-corrected chi connectivity index (χ2v) is 9.06. The maximum atomic E-state index is 12.0. The van der Waals surface area contributed by atoms with Crippen molar-refractivity contribution in [2.75, 3.05) is 0 Å². The molecule has 0 aromatic carbocycles. The topological polar surface area (TPSA) is 37.3 Å². The van der Waals surface area contributed by atoms with Gasteiger partial charge in [0, 0.05) is 6.42 Å². The van der Waals surface area contributed by atoms with Crippen molar-refractivity contribution in [1.82, 2.24) is 0 Å². The monoisotopic (exact) mass is 322 g/mol. The smallest absolute Gasteiger partial charge is 0.174 e. The number of carbonyl (C=O) groups excluding carboxylic acids is 1. The Balaban J connectivity index is 1.72. The Bertz CT molecular complexity index is 554. The minimum atomic E-state index is -0.111. The lowest BCUT2D eigenvalue weighted by atomic mass is 9.47. The SMILES string of the molecule is C[C@@]12CCC3C(CCC4=C(Cl)C(=O)CC[C@]43C)C1CCC2O. The standard InChI is InChI=1S/C19H27ClO2/c1-18-10-8-15(21)17(20)14(18)4-3-11-12-5-6-16(22)19(12,2)9-7-13(11)18/h11-13,16,22H,3-10H2,1-2H3/t11?,12?,13?,16?,18-,19+/m0/s1. The Morgan fingerprint density at radius 2 is 1.82 bits per heavy atom. The van der Waals surface area contributed by atoms with Gasteiger partial charge in [-0.1, -0.05) is 25.4 Å². The Kier molecular flexibility index (Phi) is 3.34. The molecule has 3 fully saturated rings. The van der Waals surface area contributed by atoms with E-state index in [-0.39, 0.29) is 22.7 Å². The van der Waals surface area contributed by atoms with Crippen molar-refractivity contribution in [1.29, 1.82) is 0 Å². The highest BCUT2D eigenvalue weighted by Crippen LogP contribution is 2.65. The highest BCUT2D eigenvalue weighted by Gasteiger charge is 2.59. The third-order valence-corrected chi connectivity index (χ3v) is 8.44. The number of allylic oxidation sites excluding steroid dienone is 1. The van der Waals surface area contributed by atoms with Crippen molar-refractivity contribution < 1.29 is 9.90 Å². The molecule has 0 spiro atoms. The molecule has 4 aliphatic carbocycles. The van der Waals surface area contributed by atoms with Gasteiger partial charge in [0.15, 0.2) is 5.78 Å². The third kappa shape index (κ3) is 1.80. The first-order valence-corrected chi connectivity index (χ1v) is 9.36. The zero-order chi connectivity index (χ0) is 15.7. The maximum absolute atomic E-state index is 12.0.